The molecule has 0 radical (unpaired) electrons. The van der Waals surface area contributed by atoms with Gasteiger partial charge in [-0.25, -0.2) is 9.59 Å². The van der Waals surface area contributed by atoms with Crippen molar-refractivity contribution < 1.29 is 28.9 Å². The minimum atomic E-state index is -1.14. The molecule has 0 bridgehead atoms. The van der Waals surface area contributed by atoms with E-state index in [9.17, 15) is 9.59 Å². The Morgan fingerprint density at radius 2 is 2.08 bits per heavy atom. The molecule has 2 rings (SSSR count). The average Bonchev–Trinajstić information content (AvgIpc) is 3.04. The maximum atomic E-state index is 12.0. The molecule has 0 amide bonds. The number of hydrogen-bond donors (Lipinski definition) is 2. The van der Waals surface area contributed by atoms with Crippen molar-refractivity contribution in [3.05, 3.63) is 23.9 Å². The summed E-state index contributed by atoms with van der Waals surface area (Å²) < 4.78 is 15.6. The monoisotopic (exact) mass is 335 g/mol. The molecule has 1 unspecified atom stereocenters. The van der Waals surface area contributed by atoms with E-state index in [-0.39, 0.29) is 23.7 Å². The molecular formula is C15H17N3O6. The van der Waals surface area contributed by atoms with Gasteiger partial charge in [-0.1, -0.05) is 6.07 Å². The quantitative estimate of drug-likeness (QED) is 0.730. The van der Waals surface area contributed by atoms with Crippen LogP contribution < -0.4 is 9.47 Å². The van der Waals surface area contributed by atoms with Crippen LogP contribution in [0.3, 0.4) is 0 Å². The summed E-state index contributed by atoms with van der Waals surface area (Å²) >= 11 is 0. The maximum Gasteiger partial charge on any atom is 0.361 e. The standard InChI is InChI=1S/C15H17N3O6/c1-4-23-15(21)12-11(16-18-17-12)9-6-5-7-10(22-3)13(9)24-8(2)14(19)20/h5-8H,4H2,1-3H3,(H,19,20)(H,16,17,18). The summed E-state index contributed by atoms with van der Waals surface area (Å²) in [5.41, 5.74) is 0.511. The minimum Gasteiger partial charge on any atom is -0.493 e. The van der Waals surface area contributed by atoms with Gasteiger partial charge in [0.1, 0.15) is 5.69 Å². The number of rotatable bonds is 7. The van der Waals surface area contributed by atoms with Crippen molar-refractivity contribution in [1.82, 2.24) is 15.4 Å². The number of aliphatic carboxylic acids is 1. The molecule has 1 atom stereocenters. The summed E-state index contributed by atoms with van der Waals surface area (Å²) in [6.45, 7) is 3.24. The fraction of sp³-hybridized carbons (Fsp3) is 0.333. The van der Waals surface area contributed by atoms with E-state index in [1.165, 1.54) is 14.0 Å². The van der Waals surface area contributed by atoms with Crippen molar-refractivity contribution in [1.29, 1.82) is 0 Å². The molecule has 0 aliphatic carbocycles. The Labute approximate surface area is 137 Å². The van der Waals surface area contributed by atoms with Crippen LogP contribution in [0.15, 0.2) is 18.2 Å². The summed E-state index contributed by atoms with van der Waals surface area (Å²) in [5.74, 6) is -1.34. The van der Waals surface area contributed by atoms with Crippen molar-refractivity contribution in [2.75, 3.05) is 13.7 Å². The summed E-state index contributed by atoms with van der Waals surface area (Å²) in [4.78, 5) is 23.1. The molecule has 1 aromatic carbocycles. The van der Waals surface area contributed by atoms with Gasteiger partial charge in [0.05, 0.1) is 19.3 Å². The number of methoxy groups -OCH3 is 1. The van der Waals surface area contributed by atoms with Gasteiger partial charge in [-0.2, -0.15) is 10.3 Å². The van der Waals surface area contributed by atoms with Gasteiger partial charge in [0, 0.05) is 0 Å². The van der Waals surface area contributed by atoms with Crippen LogP contribution in [0.5, 0.6) is 11.5 Å². The number of esters is 1. The van der Waals surface area contributed by atoms with Gasteiger partial charge < -0.3 is 19.3 Å². The molecule has 9 nitrogen and oxygen atoms in total. The Balaban J connectivity index is 2.53. The first-order chi connectivity index (χ1) is 11.5. The predicted molar refractivity (Wildman–Crippen MR) is 82.1 cm³/mol. The highest BCUT2D eigenvalue weighted by Crippen LogP contribution is 2.38. The van der Waals surface area contributed by atoms with E-state index in [1.54, 1.807) is 25.1 Å². The van der Waals surface area contributed by atoms with Gasteiger partial charge >= 0.3 is 11.9 Å². The predicted octanol–water partition coefficient (Wildman–Crippen LogP) is 1.51. The van der Waals surface area contributed by atoms with Crippen LogP contribution in [0.2, 0.25) is 0 Å². The van der Waals surface area contributed by atoms with E-state index in [2.05, 4.69) is 15.4 Å². The highest BCUT2D eigenvalue weighted by atomic mass is 16.5. The van der Waals surface area contributed by atoms with E-state index in [1.807, 2.05) is 0 Å². The maximum absolute atomic E-state index is 12.0. The average molecular weight is 335 g/mol. The van der Waals surface area contributed by atoms with Gasteiger partial charge in [-0.05, 0) is 26.0 Å². The smallest absolute Gasteiger partial charge is 0.361 e. The van der Waals surface area contributed by atoms with Crippen molar-refractivity contribution in [2.24, 2.45) is 0 Å². The molecule has 1 heterocycles. The molecule has 0 aliphatic heterocycles. The van der Waals surface area contributed by atoms with Crippen LogP contribution in [0.4, 0.5) is 0 Å². The molecule has 0 spiro atoms. The number of H-pyrrole nitrogens is 1. The first-order valence-corrected chi connectivity index (χ1v) is 7.14. The van der Waals surface area contributed by atoms with Crippen molar-refractivity contribution >= 4 is 11.9 Å². The van der Waals surface area contributed by atoms with Crippen LogP contribution in [0, 0.1) is 0 Å². The normalized spacial score (nSPS) is 11.6. The van der Waals surface area contributed by atoms with Crippen LogP contribution in [0.1, 0.15) is 24.3 Å². The van der Waals surface area contributed by atoms with E-state index in [0.29, 0.717) is 11.3 Å². The zero-order valence-electron chi connectivity index (χ0n) is 13.4. The Hall–Kier alpha value is -3.10. The molecule has 0 fully saturated rings. The van der Waals surface area contributed by atoms with Crippen LogP contribution in [-0.2, 0) is 9.53 Å². The molecule has 0 aliphatic rings. The topological polar surface area (TPSA) is 124 Å². The largest absolute Gasteiger partial charge is 0.493 e. The molecule has 24 heavy (non-hydrogen) atoms. The molecule has 2 aromatic rings. The molecule has 1 aromatic heterocycles. The number of para-hydroxylation sites is 1. The highest BCUT2D eigenvalue weighted by Gasteiger charge is 2.25. The first-order valence-electron chi connectivity index (χ1n) is 7.14. The Morgan fingerprint density at radius 3 is 2.71 bits per heavy atom. The fourth-order valence-electron chi connectivity index (χ4n) is 1.97. The summed E-state index contributed by atoms with van der Waals surface area (Å²) in [6.07, 6.45) is -1.13. The van der Waals surface area contributed by atoms with Gasteiger partial charge in [-0.3, -0.25) is 0 Å². The van der Waals surface area contributed by atoms with Gasteiger partial charge in [0.2, 0.25) is 0 Å². The number of aromatic amines is 1. The zero-order chi connectivity index (χ0) is 17.7. The van der Waals surface area contributed by atoms with E-state index < -0.39 is 18.0 Å². The number of nitrogens with zero attached hydrogens (tertiary/aromatic N) is 2. The van der Waals surface area contributed by atoms with Gasteiger partial charge in [0.15, 0.2) is 23.3 Å². The van der Waals surface area contributed by atoms with Crippen LogP contribution in [0.25, 0.3) is 11.3 Å². The van der Waals surface area contributed by atoms with E-state index >= 15 is 0 Å². The second-order valence-corrected chi connectivity index (χ2v) is 4.68. The number of carbonyl (C=O) groups excluding carboxylic acids is 1. The summed E-state index contributed by atoms with van der Waals surface area (Å²) in [7, 11) is 1.42. The van der Waals surface area contributed by atoms with E-state index in [4.69, 9.17) is 19.3 Å². The van der Waals surface area contributed by atoms with Gasteiger partial charge in [0.25, 0.3) is 0 Å². The molecule has 0 saturated carbocycles. The lowest BCUT2D eigenvalue weighted by Gasteiger charge is -2.16. The molecule has 2 N–H and O–H groups in total. The van der Waals surface area contributed by atoms with Crippen molar-refractivity contribution in [2.45, 2.75) is 20.0 Å². The number of benzene rings is 1. The zero-order valence-corrected chi connectivity index (χ0v) is 13.4. The first kappa shape index (κ1) is 17.3. The molecule has 9 heteroatoms. The summed E-state index contributed by atoms with van der Waals surface area (Å²) in [5, 5.41) is 19.2. The van der Waals surface area contributed by atoms with Crippen molar-refractivity contribution in [3.63, 3.8) is 0 Å². The number of ether oxygens (including phenoxy) is 3. The lowest BCUT2D eigenvalue weighted by Crippen LogP contribution is -2.23. The Bertz CT molecular complexity index is 743. The molecular weight excluding hydrogens is 318 g/mol. The molecule has 0 saturated heterocycles. The number of carbonyl (C=O) groups is 2. The Morgan fingerprint density at radius 1 is 1.33 bits per heavy atom. The number of hydrogen-bond acceptors (Lipinski definition) is 7. The van der Waals surface area contributed by atoms with Crippen molar-refractivity contribution in [3.8, 4) is 22.8 Å². The van der Waals surface area contributed by atoms with Crippen LogP contribution in [-0.4, -0.2) is 52.3 Å². The third kappa shape index (κ3) is 3.45. The number of carboxylic acids is 1. The lowest BCUT2D eigenvalue weighted by atomic mass is 10.1. The number of aromatic nitrogens is 3. The SMILES string of the molecule is CCOC(=O)c1n[nH]nc1-c1cccc(OC)c1OC(C)C(=O)O. The van der Waals surface area contributed by atoms with Gasteiger partial charge in [-0.15, -0.1) is 5.10 Å². The number of nitrogens with one attached hydrogen (secondary N) is 1. The van der Waals surface area contributed by atoms with Crippen LogP contribution >= 0.6 is 0 Å². The second-order valence-electron chi connectivity index (χ2n) is 4.68. The third-order valence-corrected chi connectivity index (χ3v) is 3.11. The Kier molecular flexibility index (Phi) is 5.35. The lowest BCUT2D eigenvalue weighted by molar-refractivity contribution is -0.144. The highest BCUT2D eigenvalue weighted by molar-refractivity contribution is 5.95. The number of carboxylic acid groups (broad SMARTS) is 1. The third-order valence-electron chi connectivity index (χ3n) is 3.11. The molecule has 128 valence electrons. The van der Waals surface area contributed by atoms with E-state index in [0.717, 1.165) is 0 Å². The fourth-order valence-corrected chi connectivity index (χ4v) is 1.97. The minimum absolute atomic E-state index is 0.0297. The second kappa shape index (κ2) is 7.44. The summed E-state index contributed by atoms with van der Waals surface area (Å²) in [6, 6.07) is 4.89.